The molecule has 1 aromatic rings. The molecule has 170 valence electrons. The first-order chi connectivity index (χ1) is 14.3. The molecular formula is C23H40N3O3S+. The topological polar surface area (TPSA) is 61.3 Å². The highest BCUT2D eigenvalue weighted by Gasteiger charge is 2.41. The Morgan fingerprint density at radius 3 is 2.63 bits per heavy atom. The molecule has 0 bridgehead atoms. The third-order valence-corrected chi connectivity index (χ3v) is 6.08. The van der Waals surface area contributed by atoms with Gasteiger partial charge in [0.15, 0.2) is 0 Å². The number of ether oxygens (including phenoxy) is 2. The number of nitrogens with zero attached hydrogens (tertiary/aromatic N) is 3. The first-order valence-electron chi connectivity index (χ1n) is 11.4. The van der Waals surface area contributed by atoms with Crippen LogP contribution >= 0.6 is 11.7 Å². The number of carbonyl (C=O) groups is 1. The summed E-state index contributed by atoms with van der Waals surface area (Å²) in [5.41, 5.74) is 2.00. The molecule has 0 N–H and O–H groups in total. The number of aromatic nitrogens is 2. The summed E-state index contributed by atoms with van der Waals surface area (Å²) in [4.78, 5) is 12.4. The third-order valence-electron chi connectivity index (χ3n) is 5.57. The minimum Gasteiger partial charge on any atom is -0.475 e. The molecule has 1 aromatic heterocycles. The minimum absolute atomic E-state index is 0.106. The molecule has 2 atom stereocenters. The normalized spacial score (nSPS) is 20.3. The van der Waals surface area contributed by atoms with Gasteiger partial charge in [0.1, 0.15) is 12.2 Å². The summed E-state index contributed by atoms with van der Waals surface area (Å²) in [7, 11) is 2.19. The van der Waals surface area contributed by atoms with Crippen LogP contribution in [0.3, 0.4) is 0 Å². The van der Waals surface area contributed by atoms with Gasteiger partial charge in [0.2, 0.25) is 6.23 Å². The van der Waals surface area contributed by atoms with E-state index < -0.39 is 0 Å². The van der Waals surface area contributed by atoms with Gasteiger partial charge in [0, 0.05) is 24.3 Å². The second-order valence-electron chi connectivity index (χ2n) is 9.43. The number of unbranched alkanes of at least 4 members (excludes halogenated alkanes) is 3. The van der Waals surface area contributed by atoms with E-state index in [4.69, 9.17) is 9.47 Å². The average Bonchev–Trinajstić information content (AvgIpc) is 3.13. The van der Waals surface area contributed by atoms with Crippen molar-refractivity contribution in [3.8, 4) is 5.88 Å². The van der Waals surface area contributed by atoms with Crippen molar-refractivity contribution < 1.29 is 18.8 Å². The molecule has 6 nitrogen and oxygen atoms in total. The molecule has 0 radical (unpaired) electrons. The Kier molecular flexibility index (Phi) is 9.75. The van der Waals surface area contributed by atoms with Crippen LogP contribution in [0.4, 0.5) is 0 Å². The molecule has 0 amide bonds. The average molecular weight is 439 g/mol. The predicted molar refractivity (Wildman–Crippen MR) is 122 cm³/mol. The summed E-state index contributed by atoms with van der Waals surface area (Å²) in [5.74, 6) is 1.07. The Balaban J connectivity index is 2.08. The van der Waals surface area contributed by atoms with Crippen LogP contribution in [0, 0.1) is 11.8 Å². The second-order valence-corrected chi connectivity index (χ2v) is 9.96. The van der Waals surface area contributed by atoms with Crippen LogP contribution in [0.2, 0.25) is 0 Å². The van der Waals surface area contributed by atoms with Gasteiger partial charge in [-0.25, -0.2) is 0 Å². The summed E-state index contributed by atoms with van der Waals surface area (Å²) in [5, 5.41) is 0. The van der Waals surface area contributed by atoms with Crippen molar-refractivity contribution in [2.75, 3.05) is 26.7 Å². The molecule has 1 aliphatic heterocycles. The summed E-state index contributed by atoms with van der Waals surface area (Å²) < 4.78 is 21.6. The van der Waals surface area contributed by atoms with Crippen LogP contribution in [-0.4, -0.2) is 52.2 Å². The molecule has 1 aliphatic rings. The smallest absolute Gasteiger partial charge is 0.310 e. The van der Waals surface area contributed by atoms with E-state index in [1.54, 1.807) is 0 Å². The lowest BCUT2D eigenvalue weighted by Crippen LogP contribution is -2.58. The fourth-order valence-corrected chi connectivity index (χ4v) is 4.65. The number of hydrogen-bond donors (Lipinski definition) is 0. The zero-order valence-corrected chi connectivity index (χ0v) is 20.5. The van der Waals surface area contributed by atoms with E-state index in [1.165, 1.54) is 31.0 Å². The number of quaternary nitrogens is 1. The van der Waals surface area contributed by atoms with Crippen LogP contribution in [0.5, 0.6) is 5.88 Å². The summed E-state index contributed by atoms with van der Waals surface area (Å²) in [6, 6.07) is 0. The highest BCUT2D eigenvalue weighted by molar-refractivity contribution is 6.99. The number of rotatable bonds is 12. The van der Waals surface area contributed by atoms with Gasteiger partial charge < -0.3 is 9.47 Å². The first kappa shape index (κ1) is 24.8. The Morgan fingerprint density at radius 1 is 1.20 bits per heavy atom. The van der Waals surface area contributed by atoms with Crippen molar-refractivity contribution in [1.82, 2.24) is 8.75 Å². The summed E-state index contributed by atoms with van der Waals surface area (Å²) in [6.07, 6.45) is 8.11. The van der Waals surface area contributed by atoms with Gasteiger partial charge >= 0.3 is 5.97 Å². The Hall–Kier alpha value is -1.47. The second kappa shape index (κ2) is 11.8. The number of carbonyl (C=O) groups excluding carboxylic acids is 1. The van der Waals surface area contributed by atoms with Gasteiger partial charge in [-0.05, 0) is 12.3 Å². The highest BCUT2D eigenvalue weighted by atomic mass is 32.1. The Bertz CT molecular complexity index is 702. The van der Waals surface area contributed by atoms with E-state index >= 15 is 0 Å². The van der Waals surface area contributed by atoms with Crippen molar-refractivity contribution in [1.29, 1.82) is 0 Å². The van der Waals surface area contributed by atoms with Gasteiger partial charge in [0.25, 0.3) is 5.88 Å². The number of hydrogen-bond acceptors (Lipinski definition) is 6. The van der Waals surface area contributed by atoms with Gasteiger partial charge in [-0.1, -0.05) is 60.0 Å². The number of esters is 1. The summed E-state index contributed by atoms with van der Waals surface area (Å²) in [6.45, 7) is 12.9. The maximum atomic E-state index is 12.4. The van der Waals surface area contributed by atoms with Crippen molar-refractivity contribution in [3.05, 3.63) is 11.8 Å². The van der Waals surface area contributed by atoms with Crippen LogP contribution in [0.15, 0.2) is 6.08 Å². The van der Waals surface area contributed by atoms with Crippen LogP contribution in [0.25, 0.3) is 5.57 Å². The molecular weight excluding hydrogens is 398 g/mol. The lowest BCUT2D eigenvalue weighted by atomic mass is 10.0. The maximum Gasteiger partial charge on any atom is 0.310 e. The van der Waals surface area contributed by atoms with Crippen molar-refractivity contribution in [3.63, 3.8) is 0 Å². The molecule has 0 aromatic carbocycles. The highest BCUT2D eigenvalue weighted by Crippen LogP contribution is 2.33. The lowest BCUT2D eigenvalue weighted by Gasteiger charge is -2.44. The monoisotopic (exact) mass is 438 g/mol. The SMILES string of the molecule is CCCCCCOc1nsnc1C1=CCC[N+](C)(C(OC(=O)CC(C)C)C(C)C)C1. The molecule has 0 aliphatic carbocycles. The van der Waals surface area contributed by atoms with Gasteiger partial charge in [-0.15, -0.1) is 4.37 Å². The molecule has 7 heteroatoms. The quantitative estimate of drug-likeness (QED) is 0.252. The zero-order chi connectivity index (χ0) is 22.1. The Morgan fingerprint density at radius 2 is 1.97 bits per heavy atom. The first-order valence-corrected chi connectivity index (χ1v) is 12.2. The van der Waals surface area contributed by atoms with E-state index in [0.717, 1.165) is 37.2 Å². The van der Waals surface area contributed by atoms with E-state index in [-0.39, 0.29) is 18.1 Å². The zero-order valence-electron chi connectivity index (χ0n) is 19.6. The summed E-state index contributed by atoms with van der Waals surface area (Å²) >= 11 is 1.20. The van der Waals surface area contributed by atoms with Crippen LogP contribution < -0.4 is 4.74 Å². The lowest BCUT2D eigenvalue weighted by molar-refractivity contribution is -0.950. The Labute approximate surface area is 186 Å². The van der Waals surface area contributed by atoms with E-state index in [0.29, 0.717) is 29.3 Å². The molecule has 2 heterocycles. The van der Waals surface area contributed by atoms with Crippen LogP contribution in [-0.2, 0) is 9.53 Å². The van der Waals surface area contributed by atoms with Crippen molar-refractivity contribution >= 4 is 23.3 Å². The fraction of sp³-hybridized carbons (Fsp3) is 0.783. The molecule has 2 rings (SSSR count). The van der Waals surface area contributed by atoms with Gasteiger partial charge in [-0.3, -0.25) is 9.28 Å². The largest absolute Gasteiger partial charge is 0.475 e. The third kappa shape index (κ3) is 7.05. The molecule has 0 fully saturated rings. The van der Waals surface area contributed by atoms with Gasteiger partial charge in [0.05, 0.1) is 31.9 Å². The number of likely N-dealkylation sites (N-methyl/N-ethyl adjacent to an activating group) is 1. The van der Waals surface area contributed by atoms with E-state index in [1.807, 2.05) is 13.8 Å². The van der Waals surface area contributed by atoms with Crippen LogP contribution in [0.1, 0.15) is 78.8 Å². The fourth-order valence-electron chi connectivity index (χ4n) is 4.12. The molecule has 0 saturated carbocycles. The van der Waals surface area contributed by atoms with E-state index in [2.05, 4.69) is 42.6 Å². The maximum absolute atomic E-state index is 12.4. The van der Waals surface area contributed by atoms with Crippen molar-refractivity contribution in [2.45, 2.75) is 79.4 Å². The van der Waals surface area contributed by atoms with Crippen molar-refractivity contribution in [2.24, 2.45) is 11.8 Å². The molecule has 0 saturated heterocycles. The van der Waals surface area contributed by atoms with Gasteiger partial charge in [-0.2, -0.15) is 4.37 Å². The van der Waals surface area contributed by atoms with E-state index in [9.17, 15) is 4.79 Å². The molecule has 0 spiro atoms. The standard InChI is InChI=1S/C23H40N3O3S/c1-7-8-9-10-14-28-22-21(24-30-25-22)19-12-11-13-26(6,16-19)23(18(4)5)29-20(27)15-17(2)3/h12,17-18,23H,7-11,13-16H2,1-6H3/q+1. The molecule has 30 heavy (non-hydrogen) atoms. The molecule has 2 unspecified atom stereocenters. The predicted octanol–water partition coefficient (Wildman–Crippen LogP) is 5.30. The minimum atomic E-state index is -0.176.